The maximum absolute atomic E-state index is 12.1. The highest BCUT2D eigenvalue weighted by molar-refractivity contribution is 6.30. The van der Waals surface area contributed by atoms with E-state index in [1.54, 1.807) is 31.4 Å². The molecule has 22 heavy (non-hydrogen) atoms. The second-order valence-electron chi connectivity index (χ2n) is 4.61. The van der Waals surface area contributed by atoms with E-state index in [0.29, 0.717) is 35.2 Å². The van der Waals surface area contributed by atoms with Gasteiger partial charge in [0.1, 0.15) is 0 Å². The molecule has 2 aromatic carbocycles. The zero-order valence-electron chi connectivity index (χ0n) is 12.6. The Morgan fingerprint density at radius 3 is 2.50 bits per heavy atom. The number of hydrogen-bond acceptors (Lipinski definition) is 3. The Kier molecular flexibility index (Phi) is 5.67. The van der Waals surface area contributed by atoms with Crippen molar-refractivity contribution in [3.8, 4) is 11.5 Å². The number of amides is 1. The Bertz CT molecular complexity index is 641. The maximum atomic E-state index is 12.1. The van der Waals surface area contributed by atoms with E-state index in [9.17, 15) is 4.79 Å². The Morgan fingerprint density at radius 2 is 1.86 bits per heavy atom. The average Bonchev–Trinajstić information content (AvgIpc) is 2.54. The van der Waals surface area contributed by atoms with Crippen molar-refractivity contribution >= 4 is 17.5 Å². The molecule has 0 unspecified atom stereocenters. The number of nitrogens with one attached hydrogen (secondary N) is 1. The summed E-state index contributed by atoms with van der Waals surface area (Å²) >= 11 is 5.81. The zero-order valence-corrected chi connectivity index (χ0v) is 13.3. The van der Waals surface area contributed by atoms with Gasteiger partial charge in [-0.15, -0.1) is 0 Å². The van der Waals surface area contributed by atoms with Gasteiger partial charge in [0.15, 0.2) is 11.5 Å². The number of methoxy groups -OCH3 is 1. The predicted octanol–water partition coefficient (Wildman–Crippen LogP) is 3.68. The highest BCUT2D eigenvalue weighted by Gasteiger charge is 2.08. The van der Waals surface area contributed by atoms with E-state index < -0.39 is 0 Å². The van der Waals surface area contributed by atoms with Crippen molar-refractivity contribution in [3.05, 3.63) is 58.6 Å². The van der Waals surface area contributed by atoms with Crippen LogP contribution in [0.3, 0.4) is 0 Å². The highest BCUT2D eigenvalue weighted by Crippen LogP contribution is 2.28. The third-order valence-electron chi connectivity index (χ3n) is 3.09. The van der Waals surface area contributed by atoms with Crippen LogP contribution in [-0.2, 0) is 6.54 Å². The first kappa shape index (κ1) is 16.2. The molecule has 4 nitrogen and oxygen atoms in total. The van der Waals surface area contributed by atoms with Crippen LogP contribution in [0.5, 0.6) is 11.5 Å². The van der Waals surface area contributed by atoms with E-state index >= 15 is 0 Å². The lowest BCUT2D eigenvalue weighted by atomic mass is 10.1. The first-order valence-corrected chi connectivity index (χ1v) is 7.35. The van der Waals surface area contributed by atoms with Crippen LogP contribution in [0.1, 0.15) is 22.8 Å². The molecule has 2 aromatic rings. The number of ether oxygens (including phenoxy) is 2. The molecule has 1 amide bonds. The van der Waals surface area contributed by atoms with E-state index in [1.165, 1.54) is 0 Å². The molecule has 5 heteroatoms. The van der Waals surface area contributed by atoms with Crippen LogP contribution < -0.4 is 14.8 Å². The van der Waals surface area contributed by atoms with Gasteiger partial charge in [0, 0.05) is 17.1 Å². The number of rotatable bonds is 6. The van der Waals surface area contributed by atoms with Crippen LogP contribution in [0.15, 0.2) is 42.5 Å². The average molecular weight is 320 g/mol. The Hall–Kier alpha value is -2.20. The Morgan fingerprint density at radius 1 is 1.14 bits per heavy atom. The summed E-state index contributed by atoms with van der Waals surface area (Å²) in [5.74, 6) is 1.20. The lowest BCUT2D eigenvalue weighted by molar-refractivity contribution is 0.0951. The van der Waals surface area contributed by atoms with Crippen molar-refractivity contribution in [2.24, 2.45) is 0 Å². The quantitative estimate of drug-likeness (QED) is 0.883. The minimum atomic E-state index is -0.148. The number of hydrogen-bond donors (Lipinski definition) is 1. The van der Waals surface area contributed by atoms with Crippen molar-refractivity contribution in [1.29, 1.82) is 0 Å². The van der Waals surface area contributed by atoms with Crippen molar-refractivity contribution < 1.29 is 14.3 Å². The molecule has 116 valence electrons. The molecule has 1 N–H and O–H groups in total. The lowest BCUT2D eigenvalue weighted by Crippen LogP contribution is -2.22. The van der Waals surface area contributed by atoms with Crippen LogP contribution in [0.2, 0.25) is 5.02 Å². The first-order chi connectivity index (χ1) is 10.6. The second kappa shape index (κ2) is 7.71. The standard InChI is InChI=1S/C17H18ClNO3/c1-3-22-16-10-12(4-9-15(16)21-2)11-19-17(20)13-5-7-14(18)8-6-13/h4-10H,3,11H2,1-2H3,(H,19,20). The largest absolute Gasteiger partial charge is 0.493 e. The molecule has 0 spiro atoms. The topological polar surface area (TPSA) is 47.6 Å². The van der Waals surface area contributed by atoms with Gasteiger partial charge in [-0.3, -0.25) is 4.79 Å². The Balaban J connectivity index is 2.03. The molecule has 0 aromatic heterocycles. The van der Waals surface area contributed by atoms with Crippen LogP contribution in [-0.4, -0.2) is 19.6 Å². The van der Waals surface area contributed by atoms with E-state index in [-0.39, 0.29) is 5.91 Å². The van der Waals surface area contributed by atoms with Gasteiger partial charge in [-0.2, -0.15) is 0 Å². The molecule has 0 radical (unpaired) electrons. The summed E-state index contributed by atoms with van der Waals surface area (Å²) in [7, 11) is 1.60. The second-order valence-corrected chi connectivity index (χ2v) is 5.04. The minimum Gasteiger partial charge on any atom is -0.493 e. The smallest absolute Gasteiger partial charge is 0.251 e. The lowest BCUT2D eigenvalue weighted by Gasteiger charge is -2.11. The molecular formula is C17H18ClNO3. The predicted molar refractivity (Wildman–Crippen MR) is 86.8 cm³/mol. The fraction of sp³-hybridized carbons (Fsp3) is 0.235. The molecule has 0 fully saturated rings. The molecule has 0 saturated heterocycles. The van der Waals surface area contributed by atoms with Crippen LogP contribution >= 0.6 is 11.6 Å². The van der Waals surface area contributed by atoms with Crippen LogP contribution in [0.4, 0.5) is 0 Å². The summed E-state index contributed by atoms with van der Waals surface area (Å²) in [6.45, 7) is 2.87. The van der Waals surface area contributed by atoms with Crippen LogP contribution in [0, 0.1) is 0 Å². The molecular weight excluding hydrogens is 302 g/mol. The highest BCUT2D eigenvalue weighted by atomic mass is 35.5. The monoisotopic (exact) mass is 319 g/mol. The van der Waals surface area contributed by atoms with E-state index in [1.807, 2.05) is 25.1 Å². The van der Waals surface area contributed by atoms with Crippen molar-refractivity contribution in [3.63, 3.8) is 0 Å². The van der Waals surface area contributed by atoms with Gasteiger partial charge in [-0.25, -0.2) is 0 Å². The van der Waals surface area contributed by atoms with Crippen LogP contribution in [0.25, 0.3) is 0 Å². The van der Waals surface area contributed by atoms with E-state index in [0.717, 1.165) is 5.56 Å². The van der Waals surface area contributed by atoms with Crippen molar-refractivity contribution in [2.75, 3.05) is 13.7 Å². The summed E-state index contributed by atoms with van der Waals surface area (Å²) in [6, 6.07) is 12.4. The van der Waals surface area contributed by atoms with E-state index in [2.05, 4.69) is 5.32 Å². The molecule has 0 aliphatic carbocycles. The maximum Gasteiger partial charge on any atom is 0.251 e. The fourth-order valence-electron chi connectivity index (χ4n) is 1.99. The molecule has 0 aliphatic heterocycles. The fourth-order valence-corrected chi connectivity index (χ4v) is 2.11. The van der Waals surface area contributed by atoms with Gasteiger partial charge >= 0.3 is 0 Å². The molecule has 0 heterocycles. The molecule has 0 aliphatic rings. The van der Waals surface area contributed by atoms with Gasteiger partial charge < -0.3 is 14.8 Å². The van der Waals surface area contributed by atoms with Gasteiger partial charge in [0.05, 0.1) is 13.7 Å². The Labute approximate surface area is 135 Å². The van der Waals surface area contributed by atoms with Gasteiger partial charge in [-0.1, -0.05) is 17.7 Å². The van der Waals surface area contributed by atoms with Crippen molar-refractivity contribution in [1.82, 2.24) is 5.32 Å². The van der Waals surface area contributed by atoms with Gasteiger partial charge in [0.2, 0.25) is 0 Å². The number of halogens is 1. The summed E-state index contributed by atoms with van der Waals surface area (Å²) in [5, 5.41) is 3.47. The molecule has 2 rings (SSSR count). The summed E-state index contributed by atoms with van der Waals surface area (Å²) < 4.78 is 10.8. The third-order valence-corrected chi connectivity index (χ3v) is 3.34. The zero-order chi connectivity index (χ0) is 15.9. The number of carbonyl (C=O) groups excluding carboxylic acids is 1. The van der Waals surface area contributed by atoms with Crippen molar-refractivity contribution in [2.45, 2.75) is 13.5 Å². The number of carbonyl (C=O) groups is 1. The van der Waals surface area contributed by atoms with Gasteiger partial charge in [-0.05, 0) is 48.9 Å². The van der Waals surface area contributed by atoms with Gasteiger partial charge in [0.25, 0.3) is 5.91 Å². The number of benzene rings is 2. The molecule has 0 bridgehead atoms. The summed E-state index contributed by atoms with van der Waals surface area (Å²) in [4.78, 5) is 12.1. The normalized spacial score (nSPS) is 10.1. The SMILES string of the molecule is CCOc1cc(CNC(=O)c2ccc(Cl)cc2)ccc1OC. The molecule has 0 atom stereocenters. The third kappa shape index (κ3) is 4.15. The summed E-state index contributed by atoms with van der Waals surface area (Å²) in [6.07, 6.45) is 0. The minimum absolute atomic E-state index is 0.148. The van der Waals surface area contributed by atoms with E-state index in [4.69, 9.17) is 21.1 Å². The first-order valence-electron chi connectivity index (χ1n) is 6.97. The molecule has 0 saturated carbocycles. The summed E-state index contributed by atoms with van der Waals surface area (Å²) in [5.41, 5.74) is 1.51.